The summed E-state index contributed by atoms with van der Waals surface area (Å²) in [6, 6.07) is 10.6. The topological polar surface area (TPSA) is 44.8 Å². The van der Waals surface area contributed by atoms with Crippen molar-refractivity contribution in [2.45, 2.75) is 25.5 Å². The molecule has 0 spiro atoms. The van der Waals surface area contributed by atoms with Crippen molar-refractivity contribution in [1.29, 1.82) is 0 Å². The summed E-state index contributed by atoms with van der Waals surface area (Å²) >= 11 is 0. The number of nitrogens with one attached hydrogen (secondary N) is 1. The fraction of sp³-hybridized carbons (Fsp3) is 0.611. The van der Waals surface area contributed by atoms with Crippen LogP contribution < -0.4 is 5.32 Å². The molecule has 5 nitrogen and oxygen atoms in total. The summed E-state index contributed by atoms with van der Waals surface area (Å²) in [5.74, 6) is 0.0604. The summed E-state index contributed by atoms with van der Waals surface area (Å²) in [4.78, 5) is 16.8. The van der Waals surface area contributed by atoms with E-state index >= 15 is 0 Å². The summed E-state index contributed by atoms with van der Waals surface area (Å²) in [5, 5.41) is 3.00. The number of amides is 1. The minimum absolute atomic E-state index is 0.0604. The monoisotopic (exact) mass is 317 g/mol. The zero-order valence-corrected chi connectivity index (χ0v) is 13.7. The molecule has 0 saturated carbocycles. The van der Waals surface area contributed by atoms with Gasteiger partial charge in [-0.1, -0.05) is 30.3 Å². The molecule has 1 atom stereocenters. The van der Waals surface area contributed by atoms with E-state index in [0.717, 1.165) is 65.3 Å². The molecule has 2 aliphatic rings. The Morgan fingerprint density at radius 3 is 2.57 bits per heavy atom. The number of ether oxygens (including phenoxy) is 1. The van der Waals surface area contributed by atoms with Crippen LogP contribution in [0.15, 0.2) is 30.3 Å². The first-order chi connectivity index (χ1) is 11.3. The number of benzene rings is 1. The van der Waals surface area contributed by atoms with Crippen molar-refractivity contribution in [2.75, 3.05) is 45.9 Å². The van der Waals surface area contributed by atoms with E-state index in [1.807, 2.05) is 0 Å². The van der Waals surface area contributed by atoms with Crippen molar-refractivity contribution in [3.8, 4) is 0 Å². The van der Waals surface area contributed by atoms with Gasteiger partial charge in [0.2, 0.25) is 5.91 Å². The van der Waals surface area contributed by atoms with Crippen LogP contribution in [0.3, 0.4) is 0 Å². The zero-order chi connectivity index (χ0) is 15.9. The molecule has 2 fully saturated rings. The predicted octanol–water partition coefficient (Wildman–Crippen LogP) is 1.10. The summed E-state index contributed by atoms with van der Waals surface area (Å²) in [7, 11) is 0. The molecular weight excluding hydrogens is 290 g/mol. The number of hydrogen-bond acceptors (Lipinski definition) is 4. The van der Waals surface area contributed by atoms with Gasteiger partial charge in [0.15, 0.2) is 0 Å². The summed E-state index contributed by atoms with van der Waals surface area (Å²) in [5.41, 5.74) is 1.38. The van der Waals surface area contributed by atoms with Crippen molar-refractivity contribution in [1.82, 2.24) is 15.1 Å². The zero-order valence-electron chi connectivity index (χ0n) is 13.7. The van der Waals surface area contributed by atoms with Crippen LogP contribution in [0.1, 0.15) is 18.4 Å². The normalized spacial score (nSPS) is 23.0. The van der Waals surface area contributed by atoms with Crippen LogP contribution in [0, 0.1) is 0 Å². The Morgan fingerprint density at radius 2 is 1.87 bits per heavy atom. The second-order valence-electron chi connectivity index (χ2n) is 6.40. The third-order valence-corrected chi connectivity index (χ3v) is 4.66. The van der Waals surface area contributed by atoms with Gasteiger partial charge in [-0.15, -0.1) is 0 Å². The van der Waals surface area contributed by atoms with Crippen molar-refractivity contribution < 1.29 is 9.53 Å². The van der Waals surface area contributed by atoms with Crippen LogP contribution >= 0.6 is 0 Å². The maximum Gasteiger partial charge on any atom is 0.249 e. The smallest absolute Gasteiger partial charge is 0.249 e. The molecule has 1 amide bonds. The number of hydrogen-bond donors (Lipinski definition) is 1. The lowest BCUT2D eigenvalue weighted by atomic mass is 10.2. The molecule has 0 radical (unpaired) electrons. The van der Waals surface area contributed by atoms with Gasteiger partial charge in [0.1, 0.15) is 6.10 Å². The molecule has 2 saturated heterocycles. The average molecular weight is 317 g/mol. The third-order valence-electron chi connectivity index (χ3n) is 4.66. The molecule has 0 aromatic heterocycles. The number of nitrogens with zero attached hydrogens (tertiary/aromatic N) is 2. The lowest BCUT2D eigenvalue weighted by Gasteiger charge is -2.34. The van der Waals surface area contributed by atoms with Gasteiger partial charge in [-0.05, 0) is 18.4 Å². The minimum atomic E-state index is -0.210. The lowest BCUT2D eigenvalue weighted by Crippen LogP contribution is -2.48. The molecule has 1 N–H and O–H groups in total. The first-order valence-corrected chi connectivity index (χ1v) is 8.69. The van der Waals surface area contributed by atoms with E-state index in [0.29, 0.717) is 0 Å². The molecule has 0 bridgehead atoms. The quantitative estimate of drug-likeness (QED) is 0.853. The molecule has 2 heterocycles. The maximum absolute atomic E-state index is 11.9. The van der Waals surface area contributed by atoms with E-state index in [2.05, 4.69) is 45.4 Å². The Morgan fingerprint density at radius 1 is 1.13 bits per heavy atom. The van der Waals surface area contributed by atoms with Crippen molar-refractivity contribution in [2.24, 2.45) is 0 Å². The SMILES string of the molecule is O=C(NCCN1CCN(Cc2ccccc2)CC1)[C@H]1CCCO1. The lowest BCUT2D eigenvalue weighted by molar-refractivity contribution is -0.130. The second kappa shape index (κ2) is 8.43. The second-order valence-corrected chi connectivity index (χ2v) is 6.40. The molecule has 3 rings (SSSR count). The van der Waals surface area contributed by atoms with Gasteiger partial charge in [-0.3, -0.25) is 14.6 Å². The van der Waals surface area contributed by atoms with Gasteiger partial charge in [0.25, 0.3) is 0 Å². The maximum atomic E-state index is 11.9. The molecule has 1 aromatic carbocycles. The Labute approximate surface area is 138 Å². The Hall–Kier alpha value is -1.43. The van der Waals surface area contributed by atoms with Crippen LogP contribution in [0.5, 0.6) is 0 Å². The Balaban J connectivity index is 1.31. The average Bonchev–Trinajstić information content (AvgIpc) is 3.12. The molecule has 2 aliphatic heterocycles. The highest BCUT2D eigenvalue weighted by atomic mass is 16.5. The molecule has 126 valence electrons. The summed E-state index contributed by atoms with van der Waals surface area (Å²) < 4.78 is 5.40. The van der Waals surface area contributed by atoms with E-state index in [4.69, 9.17) is 4.74 Å². The predicted molar refractivity (Wildman–Crippen MR) is 90.1 cm³/mol. The van der Waals surface area contributed by atoms with E-state index in [1.54, 1.807) is 0 Å². The fourth-order valence-electron chi connectivity index (χ4n) is 3.25. The minimum Gasteiger partial charge on any atom is -0.368 e. The molecule has 0 aliphatic carbocycles. The van der Waals surface area contributed by atoms with E-state index in [1.165, 1.54) is 5.56 Å². The number of carbonyl (C=O) groups is 1. The van der Waals surface area contributed by atoms with Crippen LogP contribution in [0.2, 0.25) is 0 Å². The highest BCUT2D eigenvalue weighted by molar-refractivity contribution is 5.80. The Kier molecular flexibility index (Phi) is 6.02. The van der Waals surface area contributed by atoms with Crippen LogP contribution in [-0.2, 0) is 16.1 Å². The molecular formula is C18H27N3O2. The third kappa shape index (κ3) is 5.03. The Bertz CT molecular complexity index is 480. The molecule has 5 heteroatoms. The molecule has 1 aromatic rings. The summed E-state index contributed by atoms with van der Waals surface area (Å²) in [6.45, 7) is 7.73. The van der Waals surface area contributed by atoms with Gasteiger partial charge in [0.05, 0.1) is 0 Å². The standard InChI is InChI=1S/C18H27N3O2/c22-18(17-7-4-14-23-17)19-8-9-20-10-12-21(13-11-20)15-16-5-2-1-3-6-16/h1-3,5-6,17H,4,7-15H2,(H,19,22)/t17-/m1/s1. The van der Waals surface area contributed by atoms with Crippen molar-refractivity contribution in [3.05, 3.63) is 35.9 Å². The van der Waals surface area contributed by atoms with Crippen LogP contribution in [0.25, 0.3) is 0 Å². The van der Waals surface area contributed by atoms with E-state index in [-0.39, 0.29) is 12.0 Å². The van der Waals surface area contributed by atoms with Crippen LogP contribution in [-0.4, -0.2) is 67.7 Å². The highest BCUT2D eigenvalue weighted by Gasteiger charge is 2.23. The number of carbonyl (C=O) groups excluding carboxylic acids is 1. The fourth-order valence-corrected chi connectivity index (χ4v) is 3.25. The van der Waals surface area contributed by atoms with Gasteiger partial charge in [0, 0.05) is 52.4 Å². The largest absolute Gasteiger partial charge is 0.368 e. The van der Waals surface area contributed by atoms with Gasteiger partial charge < -0.3 is 10.1 Å². The van der Waals surface area contributed by atoms with Gasteiger partial charge >= 0.3 is 0 Å². The van der Waals surface area contributed by atoms with Crippen molar-refractivity contribution in [3.63, 3.8) is 0 Å². The first-order valence-electron chi connectivity index (χ1n) is 8.69. The van der Waals surface area contributed by atoms with Crippen molar-refractivity contribution >= 4 is 5.91 Å². The number of piperazine rings is 1. The first kappa shape index (κ1) is 16.4. The summed E-state index contributed by atoms with van der Waals surface area (Å²) in [6.07, 6.45) is 1.66. The van der Waals surface area contributed by atoms with Gasteiger partial charge in [-0.2, -0.15) is 0 Å². The molecule has 0 unspecified atom stereocenters. The number of rotatable bonds is 6. The van der Waals surface area contributed by atoms with Crippen LogP contribution in [0.4, 0.5) is 0 Å². The van der Waals surface area contributed by atoms with E-state index < -0.39 is 0 Å². The van der Waals surface area contributed by atoms with Gasteiger partial charge in [-0.25, -0.2) is 0 Å². The molecule has 23 heavy (non-hydrogen) atoms. The highest BCUT2D eigenvalue weighted by Crippen LogP contribution is 2.11. The van der Waals surface area contributed by atoms with E-state index in [9.17, 15) is 4.79 Å².